The first-order valence-electron chi connectivity index (χ1n) is 8.11. The van der Waals surface area contributed by atoms with Crippen molar-refractivity contribution in [1.29, 1.82) is 0 Å². The lowest BCUT2D eigenvalue weighted by Crippen LogP contribution is -2.30. The van der Waals surface area contributed by atoms with Gasteiger partial charge >= 0.3 is 5.97 Å². The lowest BCUT2D eigenvalue weighted by Gasteiger charge is -2.29. The van der Waals surface area contributed by atoms with Gasteiger partial charge < -0.3 is 9.47 Å². The molecule has 0 saturated carbocycles. The summed E-state index contributed by atoms with van der Waals surface area (Å²) in [6.45, 7) is 9.03. The highest BCUT2D eigenvalue weighted by molar-refractivity contribution is 8.00. The van der Waals surface area contributed by atoms with Gasteiger partial charge in [-0.15, -0.1) is 11.3 Å². The van der Waals surface area contributed by atoms with Gasteiger partial charge in [-0.3, -0.25) is 4.79 Å². The Hall–Kier alpha value is -0.830. The summed E-state index contributed by atoms with van der Waals surface area (Å²) in [5.74, 6) is -0.000468. The molecule has 0 amide bonds. The fourth-order valence-electron chi connectivity index (χ4n) is 2.57. The summed E-state index contributed by atoms with van der Waals surface area (Å²) in [4.78, 5) is 22.4. The molecule has 3 rings (SSSR count). The van der Waals surface area contributed by atoms with E-state index in [1.165, 1.54) is 29.3 Å². The lowest BCUT2D eigenvalue weighted by atomic mass is 9.98. The second-order valence-electron chi connectivity index (χ2n) is 6.75. The van der Waals surface area contributed by atoms with Gasteiger partial charge in [-0.25, -0.2) is 9.97 Å². The van der Waals surface area contributed by atoms with Gasteiger partial charge in [0.15, 0.2) is 5.16 Å². The van der Waals surface area contributed by atoms with Crippen molar-refractivity contribution in [2.24, 2.45) is 0 Å². The molecule has 8 heteroatoms. The van der Waals surface area contributed by atoms with E-state index in [1.54, 1.807) is 23.1 Å². The molecule has 2 aromatic heterocycles. The summed E-state index contributed by atoms with van der Waals surface area (Å²) in [6, 6.07) is 0. The van der Waals surface area contributed by atoms with Gasteiger partial charge in [0.1, 0.15) is 5.03 Å². The van der Waals surface area contributed by atoms with Crippen LogP contribution in [0.1, 0.15) is 38.1 Å². The van der Waals surface area contributed by atoms with Crippen LogP contribution in [0.25, 0.3) is 10.2 Å². The number of thiophene rings is 1. The van der Waals surface area contributed by atoms with Crippen molar-refractivity contribution in [2.75, 3.05) is 12.9 Å². The summed E-state index contributed by atoms with van der Waals surface area (Å²) in [5, 5.41) is 2.00. The van der Waals surface area contributed by atoms with Crippen LogP contribution in [0.2, 0.25) is 0 Å². The summed E-state index contributed by atoms with van der Waals surface area (Å²) in [5.41, 5.74) is 1.99. The zero-order valence-electron chi connectivity index (χ0n) is 15.0. The van der Waals surface area contributed by atoms with E-state index in [0.717, 1.165) is 26.8 Å². The van der Waals surface area contributed by atoms with Gasteiger partial charge in [-0.1, -0.05) is 37.4 Å². The molecule has 1 aliphatic rings. The molecule has 0 N–H and O–H groups in total. The highest BCUT2D eigenvalue weighted by atomic mass is 32.2. The molecule has 1 aliphatic heterocycles. The first-order valence-corrected chi connectivity index (χ1v) is 10.8. The van der Waals surface area contributed by atoms with E-state index in [4.69, 9.17) is 19.4 Å². The van der Waals surface area contributed by atoms with E-state index in [-0.39, 0.29) is 17.3 Å². The predicted molar refractivity (Wildman–Crippen MR) is 104 cm³/mol. The van der Waals surface area contributed by atoms with E-state index in [9.17, 15) is 4.79 Å². The number of fused-ring (bicyclic) bond motifs is 3. The Labute approximate surface area is 160 Å². The number of hydrogen-bond acceptors (Lipinski definition) is 8. The van der Waals surface area contributed by atoms with Gasteiger partial charge in [0, 0.05) is 22.1 Å². The van der Waals surface area contributed by atoms with Crippen LogP contribution in [0.15, 0.2) is 10.2 Å². The number of methoxy groups -OCH3 is 1. The summed E-state index contributed by atoms with van der Waals surface area (Å²) >= 11 is 4.78. The van der Waals surface area contributed by atoms with Crippen molar-refractivity contribution in [3.63, 3.8) is 0 Å². The maximum absolute atomic E-state index is 11.6. The van der Waals surface area contributed by atoms with Gasteiger partial charge in [-0.05, 0) is 13.8 Å². The van der Waals surface area contributed by atoms with Crippen molar-refractivity contribution in [3.05, 3.63) is 10.4 Å². The largest absolute Gasteiger partial charge is 0.468 e. The molecule has 0 unspecified atom stereocenters. The molecule has 0 fully saturated rings. The standard InChI is InChI=1S/C17H22N2O3S3/c1-9(2)24-16-18-13-10-7-22-17(3,4)6-11(10)25-14(13)15(19-16)23-8-12(20)21-5/h9H,6-8H2,1-5H3. The molecule has 5 nitrogen and oxygen atoms in total. The first-order chi connectivity index (χ1) is 11.8. The second-order valence-corrected chi connectivity index (χ2v) is 10.4. The van der Waals surface area contributed by atoms with Gasteiger partial charge in [0.2, 0.25) is 0 Å². The molecule has 0 aromatic carbocycles. The minimum atomic E-state index is -0.249. The van der Waals surface area contributed by atoms with Crippen LogP contribution in [-0.2, 0) is 27.3 Å². The van der Waals surface area contributed by atoms with Gasteiger partial charge in [0.05, 0.1) is 35.3 Å². The predicted octanol–water partition coefficient (Wildman–Crippen LogP) is 4.31. The van der Waals surface area contributed by atoms with Gasteiger partial charge in [0.25, 0.3) is 0 Å². The number of carbonyl (C=O) groups is 1. The molecule has 0 bridgehead atoms. The maximum Gasteiger partial charge on any atom is 0.316 e. The number of hydrogen-bond donors (Lipinski definition) is 0. The average Bonchev–Trinajstić information content (AvgIpc) is 2.87. The number of ether oxygens (including phenoxy) is 2. The van der Waals surface area contributed by atoms with Crippen molar-refractivity contribution in [2.45, 2.75) is 61.8 Å². The fourth-order valence-corrected chi connectivity index (χ4v) is 5.73. The average molecular weight is 399 g/mol. The Morgan fingerprint density at radius 3 is 2.84 bits per heavy atom. The zero-order chi connectivity index (χ0) is 18.2. The number of aromatic nitrogens is 2. The minimum Gasteiger partial charge on any atom is -0.468 e. The Kier molecular flexibility index (Phi) is 5.63. The zero-order valence-corrected chi connectivity index (χ0v) is 17.5. The Balaban J connectivity index is 2.05. The molecule has 0 atom stereocenters. The summed E-state index contributed by atoms with van der Waals surface area (Å²) in [6.07, 6.45) is 0.872. The highest BCUT2D eigenvalue weighted by Crippen LogP contribution is 2.42. The third-order valence-corrected chi connectivity index (χ3v) is 6.92. The Bertz CT molecular complexity index is 802. The quantitative estimate of drug-likeness (QED) is 0.322. The molecule has 3 heterocycles. The van der Waals surface area contributed by atoms with Crippen molar-refractivity contribution in [3.8, 4) is 0 Å². The first kappa shape index (κ1) is 18.9. The molecule has 136 valence electrons. The summed E-state index contributed by atoms with van der Waals surface area (Å²) < 4.78 is 11.8. The van der Waals surface area contributed by atoms with Crippen LogP contribution >= 0.6 is 34.9 Å². The van der Waals surface area contributed by atoms with Crippen LogP contribution in [0.5, 0.6) is 0 Å². The van der Waals surface area contributed by atoms with E-state index >= 15 is 0 Å². The number of esters is 1. The van der Waals surface area contributed by atoms with Crippen molar-refractivity contribution >= 4 is 51.0 Å². The fraction of sp³-hybridized carbons (Fsp3) is 0.588. The van der Waals surface area contributed by atoms with Crippen LogP contribution in [0.4, 0.5) is 0 Å². The molecular formula is C17H22N2O3S3. The SMILES string of the molecule is COC(=O)CSc1nc(SC(C)C)nc2c3c(sc12)CC(C)(C)OC3. The normalized spacial score (nSPS) is 16.2. The molecule has 25 heavy (non-hydrogen) atoms. The second kappa shape index (κ2) is 7.42. The van der Waals surface area contributed by atoms with E-state index in [1.807, 2.05) is 0 Å². The number of rotatable bonds is 5. The summed E-state index contributed by atoms with van der Waals surface area (Å²) in [7, 11) is 1.40. The van der Waals surface area contributed by atoms with E-state index in [2.05, 4.69) is 27.7 Å². The third kappa shape index (κ3) is 4.30. The Morgan fingerprint density at radius 2 is 2.16 bits per heavy atom. The third-order valence-electron chi connectivity index (χ3n) is 3.75. The van der Waals surface area contributed by atoms with Crippen molar-refractivity contribution < 1.29 is 14.3 Å². The van der Waals surface area contributed by atoms with E-state index in [0.29, 0.717) is 11.9 Å². The lowest BCUT2D eigenvalue weighted by molar-refractivity contribution is -0.137. The highest BCUT2D eigenvalue weighted by Gasteiger charge is 2.30. The molecular weight excluding hydrogens is 376 g/mol. The number of nitrogens with zero attached hydrogens (tertiary/aromatic N) is 2. The van der Waals surface area contributed by atoms with Crippen LogP contribution in [-0.4, -0.2) is 39.7 Å². The molecule has 0 aliphatic carbocycles. The number of thioether (sulfide) groups is 2. The topological polar surface area (TPSA) is 61.3 Å². The van der Waals surface area contributed by atoms with Gasteiger partial charge in [-0.2, -0.15) is 0 Å². The van der Waals surface area contributed by atoms with Crippen molar-refractivity contribution in [1.82, 2.24) is 9.97 Å². The Morgan fingerprint density at radius 1 is 1.40 bits per heavy atom. The molecule has 0 radical (unpaired) electrons. The van der Waals surface area contributed by atoms with Crippen LogP contribution in [0, 0.1) is 0 Å². The monoisotopic (exact) mass is 398 g/mol. The molecule has 0 saturated heterocycles. The number of carbonyl (C=O) groups excluding carboxylic acids is 1. The van der Waals surface area contributed by atoms with E-state index < -0.39 is 0 Å². The van der Waals surface area contributed by atoms with Crippen LogP contribution < -0.4 is 0 Å². The van der Waals surface area contributed by atoms with Crippen LogP contribution in [0.3, 0.4) is 0 Å². The molecule has 0 spiro atoms. The maximum atomic E-state index is 11.6. The molecule has 2 aromatic rings. The minimum absolute atomic E-state index is 0.157. The smallest absolute Gasteiger partial charge is 0.316 e.